The average Bonchev–Trinajstić information content (AvgIpc) is 2.81. The molecule has 1 aliphatic heterocycles. The molecule has 1 aliphatic rings. The van der Waals surface area contributed by atoms with Crippen LogP contribution < -0.4 is 20.5 Å². The van der Waals surface area contributed by atoms with E-state index in [1.165, 1.54) is 6.07 Å². The fourth-order valence-electron chi connectivity index (χ4n) is 3.66. The molecule has 1 unspecified atom stereocenters. The molecule has 2 aromatic carbocycles. The lowest BCUT2D eigenvalue weighted by molar-refractivity contribution is -0.137. The van der Waals surface area contributed by atoms with Gasteiger partial charge in [-0.15, -0.1) is 0 Å². The highest BCUT2D eigenvalue weighted by Crippen LogP contribution is 2.37. The normalized spacial score (nSPS) is 17.7. The van der Waals surface area contributed by atoms with E-state index in [4.69, 9.17) is 19.9 Å². The van der Waals surface area contributed by atoms with Crippen LogP contribution in [0.3, 0.4) is 0 Å². The predicted molar refractivity (Wildman–Crippen MR) is 119 cm³/mol. The summed E-state index contributed by atoms with van der Waals surface area (Å²) in [6.45, 7) is 6.62. The number of nitrogens with zero attached hydrogens (tertiary/aromatic N) is 2. The SMILES string of the molecule is Cc1nc(NC(C)c2cc(N)cc(C(F)(F)F)c2)c2cc3c(cc2n1)OCCOC[C@H](C)O3. The number of nitrogens with one attached hydrogen (secondary N) is 1. The number of halogens is 3. The third-order valence-corrected chi connectivity index (χ3v) is 5.20. The molecular weight excluding hydrogens is 437 g/mol. The number of rotatable bonds is 3. The van der Waals surface area contributed by atoms with Gasteiger partial charge in [0.15, 0.2) is 11.5 Å². The maximum atomic E-state index is 13.3. The van der Waals surface area contributed by atoms with Crippen LogP contribution in [0.4, 0.5) is 24.7 Å². The lowest BCUT2D eigenvalue weighted by Gasteiger charge is -2.20. The van der Waals surface area contributed by atoms with Crippen molar-refractivity contribution in [2.45, 2.75) is 39.1 Å². The van der Waals surface area contributed by atoms with E-state index >= 15 is 0 Å². The lowest BCUT2D eigenvalue weighted by Crippen LogP contribution is -2.19. The molecule has 0 spiro atoms. The Bertz CT molecular complexity index is 1170. The molecule has 2 atom stereocenters. The number of hydrogen-bond acceptors (Lipinski definition) is 7. The van der Waals surface area contributed by atoms with E-state index < -0.39 is 17.8 Å². The first kappa shape index (κ1) is 22.9. The number of alkyl halides is 3. The molecule has 3 N–H and O–H groups in total. The summed E-state index contributed by atoms with van der Waals surface area (Å²) in [7, 11) is 0. The van der Waals surface area contributed by atoms with Gasteiger partial charge in [0.25, 0.3) is 0 Å². The summed E-state index contributed by atoms with van der Waals surface area (Å²) in [5, 5.41) is 3.87. The van der Waals surface area contributed by atoms with Gasteiger partial charge >= 0.3 is 6.18 Å². The van der Waals surface area contributed by atoms with Gasteiger partial charge in [0.05, 0.1) is 30.3 Å². The first-order chi connectivity index (χ1) is 15.6. The largest absolute Gasteiger partial charge is 0.487 e. The Labute approximate surface area is 189 Å². The van der Waals surface area contributed by atoms with E-state index in [1.54, 1.807) is 26.0 Å². The summed E-state index contributed by atoms with van der Waals surface area (Å²) in [5.74, 6) is 2.03. The van der Waals surface area contributed by atoms with Gasteiger partial charge in [-0.05, 0) is 50.6 Å². The second-order valence-electron chi connectivity index (χ2n) is 8.04. The van der Waals surface area contributed by atoms with Gasteiger partial charge in [-0.1, -0.05) is 0 Å². The second-order valence-corrected chi connectivity index (χ2v) is 8.04. The summed E-state index contributed by atoms with van der Waals surface area (Å²) in [4.78, 5) is 8.99. The molecule has 7 nitrogen and oxygen atoms in total. The van der Waals surface area contributed by atoms with Crippen molar-refractivity contribution in [1.82, 2.24) is 9.97 Å². The smallest absolute Gasteiger partial charge is 0.416 e. The molecule has 0 amide bonds. The van der Waals surface area contributed by atoms with Crippen molar-refractivity contribution < 1.29 is 27.4 Å². The maximum absolute atomic E-state index is 13.3. The minimum absolute atomic E-state index is 0.0383. The zero-order chi connectivity index (χ0) is 23.8. The van der Waals surface area contributed by atoms with Crippen molar-refractivity contribution >= 4 is 22.4 Å². The Hall–Kier alpha value is -3.27. The van der Waals surface area contributed by atoms with E-state index in [0.29, 0.717) is 59.4 Å². The van der Waals surface area contributed by atoms with Crippen molar-refractivity contribution in [3.63, 3.8) is 0 Å². The first-order valence-corrected chi connectivity index (χ1v) is 10.5. The summed E-state index contributed by atoms with van der Waals surface area (Å²) in [5.41, 5.74) is 5.99. The van der Waals surface area contributed by atoms with Crippen LogP contribution in [-0.2, 0) is 10.9 Å². The van der Waals surface area contributed by atoms with Crippen molar-refractivity contribution in [3.05, 3.63) is 47.3 Å². The Balaban J connectivity index is 1.73. The molecule has 0 saturated carbocycles. The van der Waals surface area contributed by atoms with E-state index in [2.05, 4.69) is 15.3 Å². The fourth-order valence-corrected chi connectivity index (χ4v) is 3.66. The van der Waals surface area contributed by atoms with E-state index in [1.807, 2.05) is 6.92 Å². The van der Waals surface area contributed by atoms with Crippen molar-refractivity contribution in [1.29, 1.82) is 0 Å². The van der Waals surface area contributed by atoms with Crippen molar-refractivity contribution in [2.75, 3.05) is 30.9 Å². The van der Waals surface area contributed by atoms with Gasteiger partial charge in [-0.25, -0.2) is 9.97 Å². The van der Waals surface area contributed by atoms with Gasteiger partial charge in [0.2, 0.25) is 0 Å². The van der Waals surface area contributed by atoms with E-state index in [0.717, 1.165) is 12.1 Å². The first-order valence-electron chi connectivity index (χ1n) is 10.5. The van der Waals surface area contributed by atoms with Crippen LogP contribution in [0.15, 0.2) is 30.3 Å². The molecule has 0 aliphatic carbocycles. The van der Waals surface area contributed by atoms with Gasteiger partial charge < -0.3 is 25.3 Å². The number of anilines is 2. The van der Waals surface area contributed by atoms with Crippen LogP contribution in [0, 0.1) is 6.92 Å². The zero-order valence-corrected chi connectivity index (χ0v) is 18.5. The number of benzene rings is 2. The topological polar surface area (TPSA) is 91.5 Å². The number of nitrogen functional groups attached to an aromatic ring is 1. The van der Waals surface area contributed by atoms with Gasteiger partial charge in [-0.2, -0.15) is 13.2 Å². The number of fused-ring (bicyclic) bond motifs is 2. The summed E-state index contributed by atoms with van der Waals surface area (Å²) < 4.78 is 57.1. The van der Waals surface area contributed by atoms with Gasteiger partial charge in [0.1, 0.15) is 24.4 Å². The summed E-state index contributed by atoms with van der Waals surface area (Å²) >= 11 is 0. The minimum atomic E-state index is -4.49. The Morgan fingerprint density at radius 1 is 1.09 bits per heavy atom. The number of hydrogen-bond donors (Lipinski definition) is 2. The molecule has 0 radical (unpaired) electrons. The average molecular weight is 462 g/mol. The summed E-state index contributed by atoms with van der Waals surface area (Å²) in [6.07, 6.45) is -4.69. The molecule has 33 heavy (non-hydrogen) atoms. The third-order valence-electron chi connectivity index (χ3n) is 5.20. The van der Waals surface area contributed by atoms with Crippen molar-refractivity contribution in [2.24, 2.45) is 0 Å². The van der Waals surface area contributed by atoms with Gasteiger partial charge in [0, 0.05) is 17.1 Å². The molecule has 10 heteroatoms. The Morgan fingerprint density at radius 3 is 2.64 bits per heavy atom. The van der Waals surface area contributed by atoms with Crippen LogP contribution in [0.25, 0.3) is 10.9 Å². The highest BCUT2D eigenvalue weighted by Gasteiger charge is 2.31. The highest BCUT2D eigenvalue weighted by molar-refractivity contribution is 5.92. The third kappa shape index (κ3) is 5.22. The monoisotopic (exact) mass is 462 g/mol. The van der Waals surface area contributed by atoms with Crippen LogP contribution >= 0.6 is 0 Å². The summed E-state index contributed by atoms with van der Waals surface area (Å²) in [6, 6.07) is 6.56. The zero-order valence-electron chi connectivity index (χ0n) is 18.5. The molecule has 3 aromatic rings. The quantitative estimate of drug-likeness (QED) is 0.536. The number of aromatic nitrogens is 2. The standard InChI is InChI=1S/C23H25F3N4O3/c1-12-11-31-4-5-32-20-10-19-18(9-21(20)33-12)22(30-14(3)29-19)28-13(2)15-6-16(23(24,25)26)8-17(27)7-15/h6-10,12-13H,4-5,11,27H2,1-3H3,(H,28,29,30)/t12-,13?/m0/s1. The molecule has 0 bridgehead atoms. The fraction of sp³-hybridized carbons (Fsp3) is 0.391. The lowest BCUT2D eigenvalue weighted by atomic mass is 10.0. The van der Waals surface area contributed by atoms with Crippen LogP contribution in [0.1, 0.15) is 36.8 Å². The Kier molecular flexibility index (Phi) is 6.20. The molecule has 176 valence electrons. The van der Waals surface area contributed by atoms with Crippen LogP contribution in [0.2, 0.25) is 0 Å². The number of aryl methyl sites for hydroxylation is 1. The molecular formula is C23H25F3N4O3. The molecule has 1 aromatic heterocycles. The van der Waals surface area contributed by atoms with Crippen LogP contribution in [-0.4, -0.2) is 35.9 Å². The highest BCUT2D eigenvalue weighted by atomic mass is 19.4. The Morgan fingerprint density at radius 2 is 1.88 bits per heavy atom. The number of ether oxygens (including phenoxy) is 3. The number of nitrogens with two attached hydrogens (primary N) is 1. The maximum Gasteiger partial charge on any atom is 0.416 e. The van der Waals surface area contributed by atoms with Gasteiger partial charge in [-0.3, -0.25) is 0 Å². The predicted octanol–water partition coefficient (Wildman–Crippen LogP) is 4.89. The second kappa shape index (κ2) is 8.93. The molecule has 0 fully saturated rings. The molecule has 2 heterocycles. The molecule has 0 saturated heterocycles. The van der Waals surface area contributed by atoms with E-state index in [-0.39, 0.29) is 11.8 Å². The van der Waals surface area contributed by atoms with Crippen molar-refractivity contribution in [3.8, 4) is 11.5 Å². The van der Waals surface area contributed by atoms with Crippen LogP contribution in [0.5, 0.6) is 11.5 Å². The minimum Gasteiger partial charge on any atom is -0.487 e. The van der Waals surface area contributed by atoms with E-state index in [9.17, 15) is 13.2 Å². The molecule has 4 rings (SSSR count).